The molecule has 2 aromatic heterocycles. The number of nitrogens with one attached hydrogen (secondary N) is 1. The number of pyridine rings is 1. The molecule has 0 radical (unpaired) electrons. The van der Waals surface area contributed by atoms with Crippen molar-refractivity contribution in [2.75, 3.05) is 5.32 Å². The zero-order valence-electron chi connectivity index (χ0n) is 12.8. The van der Waals surface area contributed by atoms with Crippen LogP contribution in [0.1, 0.15) is 10.6 Å². The van der Waals surface area contributed by atoms with E-state index in [1.54, 1.807) is 12.1 Å². The first-order valence-corrected chi connectivity index (χ1v) is 7.61. The SMILES string of the molecule is O=C(Nc1cc(-c2ccccc2)nc2ccccc12)c1ccco1. The number of nitrogens with zero attached hydrogens (tertiary/aromatic N) is 1. The van der Waals surface area contributed by atoms with Gasteiger partial charge in [-0.3, -0.25) is 4.79 Å². The first-order chi connectivity index (χ1) is 11.8. The number of hydrogen-bond donors (Lipinski definition) is 1. The Balaban J connectivity index is 1.82. The molecule has 4 heteroatoms. The molecule has 4 nitrogen and oxygen atoms in total. The maximum absolute atomic E-state index is 12.3. The van der Waals surface area contributed by atoms with Crippen LogP contribution in [-0.2, 0) is 0 Å². The average Bonchev–Trinajstić information content (AvgIpc) is 3.17. The van der Waals surface area contributed by atoms with Crippen molar-refractivity contribution in [1.29, 1.82) is 0 Å². The zero-order chi connectivity index (χ0) is 16.4. The molecule has 0 bridgehead atoms. The summed E-state index contributed by atoms with van der Waals surface area (Å²) < 4.78 is 5.17. The van der Waals surface area contributed by atoms with E-state index in [-0.39, 0.29) is 11.7 Å². The summed E-state index contributed by atoms with van der Waals surface area (Å²) in [6.07, 6.45) is 1.48. The first kappa shape index (κ1) is 14.2. The second kappa shape index (κ2) is 6.01. The number of rotatable bonds is 3. The lowest BCUT2D eigenvalue weighted by Crippen LogP contribution is -2.11. The van der Waals surface area contributed by atoms with Gasteiger partial charge in [-0.05, 0) is 24.3 Å². The Morgan fingerprint density at radius 2 is 1.71 bits per heavy atom. The number of carbonyl (C=O) groups excluding carboxylic acids is 1. The number of furan rings is 1. The number of aromatic nitrogens is 1. The molecule has 116 valence electrons. The van der Waals surface area contributed by atoms with E-state index in [1.807, 2.05) is 60.7 Å². The lowest BCUT2D eigenvalue weighted by molar-refractivity contribution is 0.0997. The highest BCUT2D eigenvalue weighted by Crippen LogP contribution is 2.28. The summed E-state index contributed by atoms with van der Waals surface area (Å²) in [5, 5.41) is 3.81. The maximum atomic E-state index is 12.3. The van der Waals surface area contributed by atoms with Gasteiger partial charge in [0, 0.05) is 10.9 Å². The van der Waals surface area contributed by atoms with Crippen LogP contribution in [-0.4, -0.2) is 10.9 Å². The number of fused-ring (bicyclic) bond motifs is 1. The largest absolute Gasteiger partial charge is 0.459 e. The van der Waals surface area contributed by atoms with Crippen LogP contribution >= 0.6 is 0 Å². The molecule has 4 rings (SSSR count). The minimum Gasteiger partial charge on any atom is -0.459 e. The van der Waals surface area contributed by atoms with Gasteiger partial charge in [-0.1, -0.05) is 48.5 Å². The summed E-state index contributed by atoms with van der Waals surface area (Å²) in [4.78, 5) is 17.0. The summed E-state index contributed by atoms with van der Waals surface area (Å²) in [5.41, 5.74) is 3.34. The molecule has 2 heterocycles. The number of amides is 1. The number of benzene rings is 2. The lowest BCUT2D eigenvalue weighted by Gasteiger charge is -2.10. The molecular formula is C20H14N2O2. The van der Waals surface area contributed by atoms with E-state index in [0.29, 0.717) is 5.69 Å². The molecule has 0 unspecified atom stereocenters. The van der Waals surface area contributed by atoms with Crippen molar-refractivity contribution in [3.63, 3.8) is 0 Å². The average molecular weight is 314 g/mol. The fraction of sp³-hybridized carbons (Fsp3) is 0. The molecule has 24 heavy (non-hydrogen) atoms. The summed E-state index contributed by atoms with van der Waals surface area (Å²) >= 11 is 0. The van der Waals surface area contributed by atoms with Gasteiger partial charge in [-0.25, -0.2) is 4.98 Å². The standard InChI is InChI=1S/C20H14N2O2/c23-20(19-11-6-12-24-19)22-18-13-17(14-7-2-1-3-8-14)21-16-10-5-4-9-15(16)18/h1-13H,(H,21,22,23). The Hall–Kier alpha value is -3.40. The summed E-state index contributed by atoms with van der Waals surface area (Å²) in [6.45, 7) is 0. The summed E-state index contributed by atoms with van der Waals surface area (Å²) in [5.74, 6) is -0.00693. The first-order valence-electron chi connectivity index (χ1n) is 7.61. The topological polar surface area (TPSA) is 55.1 Å². The number of carbonyl (C=O) groups is 1. The van der Waals surface area contributed by atoms with Crippen LogP contribution in [0.15, 0.2) is 83.5 Å². The van der Waals surface area contributed by atoms with Gasteiger partial charge in [0.2, 0.25) is 0 Å². The van der Waals surface area contributed by atoms with Gasteiger partial charge in [0.05, 0.1) is 23.2 Å². The second-order valence-electron chi connectivity index (χ2n) is 5.37. The molecule has 0 atom stereocenters. The normalized spacial score (nSPS) is 10.7. The predicted octanol–water partition coefficient (Wildman–Crippen LogP) is 4.75. The van der Waals surface area contributed by atoms with Gasteiger partial charge in [-0.2, -0.15) is 0 Å². The van der Waals surface area contributed by atoms with Crippen molar-refractivity contribution >= 4 is 22.5 Å². The molecule has 1 amide bonds. The number of hydrogen-bond acceptors (Lipinski definition) is 3. The highest BCUT2D eigenvalue weighted by atomic mass is 16.3. The van der Waals surface area contributed by atoms with Gasteiger partial charge in [0.15, 0.2) is 5.76 Å². The highest BCUT2D eigenvalue weighted by molar-refractivity contribution is 6.07. The van der Waals surface area contributed by atoms with Crippen molar-refractivity contribution in [1.82, 2.24) is 4.98 Å². The van der Waals surface area contributed by atoms with E-state index >= 15 is 0 Å². The second-order valence-corrected chi connectivity index (χ2v) is 5.37. The van der Waals surface area contributed by atoms with Gasteiger partial charge in [-0.15, -0.1) is 0 Å². The van der Waals surface area contributed by atoms with Crippen LogP contribution < -0.4 is 5.32 Å². The van der Waals surface area contributed by atoms with Crippen LogP contribution in [0.25, 0.3) is 22.2 Å². The van der Waals surface area contributed by atoms with Crippen molar-refractivity contribution in [2.45, 2.75) is 0 Å². The lowest BCUT2D eigenvalue weighted by atomic mass is 10.1. The van der Waals surface area contributed by atoms with Gasteiger partial charge in [0.1, 0.15) is 0 Å². The van der Waals surface area contributed by atoms with Crippen LogP contribution in [0.5, 0.6) is 0 Å². The third-order valence-corrected chi connectivity index (χ3v) is 3.78. The molecule has 0 fully saturated rings. The number of para-hydroxylation sites is 1. The molecule has 0 saturated heterocycles. The third kappa shape index (κ3) is 2.65. The third-order valence-electron chi connectivity index (χ3n) is 3.78. The van der Waals surface area contributed by atoms with E-state index in [4.69, 9.17) is 9.40 Å². The monoisotopic (exact) mass is 314 g/mol. The minimum absolute atomic E-state index is 0.275. The Morgan fingerprint density at radius 3 is 2.50 bits per heavy atom. The van der Waals surface area contributed by atoms with Crippen LogP contribution in [0.4, 0.5) is 5.69 Å². The molecule has 2 aromatic carbocycles. The molecule has 0 aliphatic carbocycles. The van der Waals surface area contributed by atoms with E-state index in [9.17, 15) is 4.79 Å². The highest BCUT2D eigenvalue weighted by Gasteiger charge is 2.13. The molecule has 1 N–H and O–H groups in total. The van der Waals surface area contributed by atoms with Crippen molar-refractivity contribution in [3.05, 3.63) is 84.8 Å². The molecule has 0 aliphatic heterocycles. The fourth-order valence-electron chi connectivity index (χ4n) is 2.63. The predicted molar refractivity (Wildman–Crippen MR) is 93.8 cm³/mol. The molecule has 0 aliphatic rings. The smallest absolute Gasteiger partial charge is 0.291 e. The Bertz CT molecular complexity index is 993. The summed E-state index contributed by atoms with van der Waals surface area (Å²) in [6, 6.07) is 22.8. The quantitative estimate of drug-likeness (QED) is 0.594. The summed E-state index contributed by atoms with van der Waals surface area (Å²) in [7, 11) is 0. The minimum atomic E-state index is -0.282. The van der Waals surface area contributed by atoms with E-state index < -0.39 is 0 Å². The van der Waals surface area contributed by atoms with E-state index in [0.717, 1.165) is 22.2 Å². The Labute approximate surface area is 138 Å². The van der Waals surface area contributed by atoms with Crippen LogP contribution in [0, 0.1) is 0 Å². The van der Waals surface area contributed by atoms with Crippen LogP contribution in [0.3, 0.4) is 0 Å². The van der Waals surface area contributed by atoms with Gasteiger partial charge in [0.25, 0.3) is 5.91 Å². The molecule has 0 spiro atoms. The Morgan fingerprint density at radius 1 is 0.917 bits per heavy atom. The fourth-order valence-corrected chi connectivity index (χ4v) is 2.63. The van der Waals surface area contributed by atoms with Crippen LogP contribution in [0.2, 0.25) is 0 Å². The zero-order valence-corrected chi connectivity index (χ0v) is 12.8. The maximum Gasteiger partial charge on any atom is 0.291 e. The Kier molecular flexibility index (Phi) is 3.56. The number of anilines is 1. The van der Waals surface area contributed by atoms with Gasteiger partial charge >= 0.3 is 0 Å². The van der Waals surface area contributed by atoms with Crippen molar-refractivity contribution < 1.29 is 9.21 Å². The van der Waals surface area contributed by atoms with E-state index in [2.05, 4.69) is 5.32 Å². The molecule has 0 saturated carbocycles. The van der Waals surface area contributed by atoms with Crippen molar-refractivity contribution in [3.8, 4) is 11.3 Å². The molecular weight excluding hydrogens is 300 g/mol. The molecule has 4 aromatic rings. The van der Waals surface area contributed by atoms with Crippen molar-refractivity contribution in [2.24, 2.45) is 0 Å². The van der Waals surface area contributed by atoms with E-state index in [1.165, 1.54) is 6.26 Å². The van der Waals surface area contributed by atoms with Gasteiger partial charge < -0.3 is 9.73 Å².